The van der Waals surface area contributed by atoms with E-state index in [9.17, 15) is 19.1 Å². The molecule has 0 unspecified atom stereocenters. The highest BCUT2D eigenvalue weighted by Crippen LogP contribution is 2.47. The largest absolute Gasteiger partial charge is 0.508 e. The highest BCUT2D eigenvalue weighted by Gasteiger charge is 2.52. The number of anilines is 9. The van der Waals surface area contributed by atoms with Crippen LogP contribution in [-0.4, -0.2) is 161 Å². The third-order valence-electron chi connectivity index (χ3n) is 21.7. The number of nitrogens with zero attached hydrogens (tertiary/aromatic N) is 19. The number of guanidine groups is 3. The number of nitrogens with one attached hydrogen (secondary N) is 3. The summed E-state index contributed by atoms with van der Waals surface area (Å²) in [4.78, 5) is 62.8. The molecule has 11 heterocycles. The molecule has 0 bridgehead atoms. The number of para-hydroxylation sites is 3. The zero-order valence-electron chi connectivity index (χ0n) is 59.7. The zero-order valence-corrected chi connectivity index (χ0v) is 60.5. The van der Waals surface area contributed by atoms with Crippen LogP contribution in [0.1, 0.15) is 106 Å². The number of aromatic nitrogens is 10. The van der Waals surface area contributed by atoms with E-state index in [1.165, 1.54) is 18.8 Å². The summed E-state index contributed by atoms with van der Waals surface area (Å²) >= 11 is 5.99. The van der Waals surface area contributed by atoms with Crippen LogP contribution in [-0.2, 0) is 19.6 Å². The molecule has 0 radical (unpaired) electrons. The number of thiocarbonyl (C=S) groups is 1. The lowest BCUT2D eigenvalue weighted by molar-refractivity contribution is 0.0857. The molecule has 20 rings (SSSR count). The van der Waals surface area contributed by atoms with Gasteiger partial charge in [-0.05, 0) is 135 Å². The zero-order chi connectivity index (χ0) is 73.4. The van der Waals surface area contributed by atoms with E-state index < -0.39 is 5.95 Å². The number of pyridine rings is 1. The number of hydrogen-bond donors (Lipinski definition) is 4. The number of aliphatic imine (C=N–C) groups is 3. The smallest absolute Gasteiger partial charge is 0.267 e. The maximum atomic E-state index is 13.6. The van der Waals surface area contributed by atoms with Crippen molar-refractivity contribution in [2.45, 2.75) is 114 Å². The molecule has 0 saturated heterocycles. The first-order valence-corrected chi connectivity index (χ1v) is 37.0. The van der Waals surface area contributed by atoms with Gasteiger partial charge in [0.15, 0.2) is 17.5 Å². The van der Waals surface area contributed by atoms with Crippen LogP contribution in [0, 0.1) is 5.95 Å². The van der Waals surface area contributed by atoms with Gasteiger partial charge in [0.1, 0.15) is 52.0 Å². The Morgan fingerprint density at radius 3 is 1.32 bits per heavy atom. The lowest BCUT2D eigenvalue weighted by Crippen LogP contribution is -2.51. The van der Waals surface area contributed by atoms with Crippen molar-refractivity contribution in [2.75, 3.05) is 51.8 Å². The summed E-state index contributed by atoms with van der Waals surface area (Å²) in [7, 11) is 5.61. The SMILES string of the molecule is C=C(O)c1ccc(Cn2nc3c(c2Nc2ccccc2)C(=O)N(C)C2=N[C@@H]4CCC[C@@H]4N23)cc1.CN1C(=O)c2c(nn(Cc3ccc(-n4cncn4)cc3)c2Nc2ccccc2)N2C1=N[C@@H]1CCC[C@@H]12.CN1C(=S)c2c(nn(Cc3ccc(-c4cccc(F)n4)cc3)c2Nc2ccccc2)N2C1=N[C@@H]1CCC[C@@H]12. The van der Waals surface area contributed by atoms with Crippen molar-refractivity contribution < 1.29 is 19.1 Å². The number of aliphatic hydroxyl groups is 1. The van der Waals surface area contributed by atoms with E-state index >= 15 is 0 Å². The first-order chi connectivity index (χ1) is 52.7. The molecule has 6 aromatic carbocycles. The summed E-state index contributed by atoms with van der Waals surface area (Å²) < 4.78 is 21.1. The Morgan fingerprint density at radius 2 is 0.907 bits per heavy atom. The summed E-state index contributed by atoms with van der Waals surface area (Å²) in [5.41, 5.74) is 11.0. The van der Waals surface area contributed by atoms with Gasteiger partial charge in [-0.2, -0.15) is 24.8 Å². The molecule has 25 nitrogen and oxygen atoms in total. The van der Waals surface area contributed by atoms with E-state index in [1.54, 1.807) is 33.9 Å². The average Bonchev–Trinajstić information content (AvgIpc) is 1.58. The van der Waals surface area contributed by atoms with Crippen molar-refractivity contribution in [3.63, 3.8) is 0 Å². The predicted octanol–water partition coefficient (Wildman–Crippen LogP) is 13.4. The Labute approximate surface area is 627 Å². The summed E-state index contributed by atoms with van der Waals surface area (Å²) in [5.74, 6) is 6.13. The molecule has 5 aromatic heterocycles. The number of amides is 2. The summed E-state index contributed by atoms with van der Waals surface area (Å²) in [6, 6.07) is 59.8. The number of halogens is 1. The fourth-order valence-corrected chi connectivity index (χ4v) is 16.7. The molecule has 27 heteroatoms. The van der Waals surface area contributed by atoms with E-state index in [0.717, 1.165) is 125 Å². The third-order valence-corrected chi connectivity index (χ3v) is 22.2. The second-order valence-corrected chi connectivity index (χ2v) is 28.9. The molecule has 6 aliphatic heterocycles. The fourth-order valence-electron chi connectivity index (χ4n) is 16.4. The van der Waals surface area contributed by atoms with Gasteiger partial charge in [-0.1, -0.05) is 140 Å². The lowest BCUT2D eigenvalue weighted by atomic mass is 10.1. The van der Waals surface area contributed by atoms with Gasteiger partial charge in [-0.15, -0.1) is 0 Å². The maximum Gasteiger partial charge on any atom is 0.267 e. The van der Waals surface area contributed by atoms with E-state index in [2.05, 4.69) is 52.3 Å². The Morgan fingerprint density at radius 1 is 0.500 bits per heavy atom. The quantitative estimate of drug-likeness (QED) is 0.0423. The topological polar surface area (TPSA) is 244 Å². The monoisotopic (exact) mass is 1460 g/mol. The number of benzene rings is 6. The van der Waals surface area contributed by atoms with E-state index in [-0.39, 0.29) is 41.7 Å². The van der Waals surface area contributed by atoms with Crippen LogP contribution in [0.3, 0.4) is 0 Å². The minimum Gasteiger partial charge on any atom is -0.508 e. The van der Waals surface area contributed by atoms with E-state index in [0.29, 0.717) is 88.3 Å². The number of carbonyl (C=O) groups excluding carboxylic acids is 2. The van der Waals surface area contributed by atoms with Crippen LogP contribution in [0.4, 0.5) is 56.4 Å². The van der Waals surface area contributed by atoms with Crippen molar-refractivity contribution in [3.8, 4) is 16.9 Å². The number of fused-ring (bicyclic) bond motifs is 15. The van der Waals surface area contributed by atoms with Crippen LogP contribution < -0.4 is 30.7 Å². The maximum absolute atomic E-state index is 13.6. The van der Waals surface area contributed by atoms with Gasteiger partial charge >= 0.3 is 0 Å². The number of carbonyl (C=O) groups is 2. The number of aliphatic hydroxyl groups excluding tert-OH is 1. The highest BCUT2D eigenvalue weighted by atomic mass is 32.1. The van der Waals surface area contributed by atoms with Gasteiger partial charge in [0, 0.05) is 49.3 Å². The van der Waals surface area contributed by atoms with Crippen LogP contribution in [0.15, 0.2) is 216 Å². The second-order valence-electron chi connectivity index (χ2n) is 28.5. The van der Waals surface area contributed by atoms with Crippen LogP contribution in [0.25, 0.3) is 22.7 Å². The number of rotatable bonds is 15. The normalized spacial score (nSPS) is 20.2. The predicted molar refractivity (Wildman–Crippen MR) is 420 cm³/mol. The molecule has 11 aromatic rings. The minimum atomic E-state index is -0.486. The van der Waals surface area contributed by atoms with Crippen molar-refractivity contribution in [3.05, 3.63) is 246 Å². The molecular formula is C81H77FN22O3S. The second kappa shape index (κ2) is 27.7. The fraction of sp³-hybridized carbons (Fsp3) is 0.259. The van der Waals surface area contributed by atoms with E-state index in [1.807, 2.05) is 203 Å². The molecule has 3 aliphatic carbocycles. The molecule has 4 N–H and O–H groups in total. The Bertz CT molecular complexity index is 5390. The van der Waals surface area contributed by atoms with Crippen LogP contribution in [0.5, 0.6) is 0 Å². The average molecular weight is 1460 g/mol. The Kier molecular flexibility index (Phi) is 17.2. The van der Waals surface area contributed by atoms with Gasteiger partial charge in [0.05, 0.1) is 72.8 Å². The summed E-state index contributed by atoms with van der Waals surface area (Å²) in [6.07, 6.45) is 13.0. The van der Waals surface area contributed by atoms with Crippen LogP contribution in [0.2, 0.25) is 0 Å². The van der Waals surface area contributed by atoms with Crippen molar-refractivity contribution in [2.24, 2.45) is 15.0 Å². The third kappa shape index (κ3) is 12.1. The van der Waals surface area contributed by atoms with E-state index in [4.69, 9.17) is 42.5 Å². The molecular weight excluding hydrogens is 1380 g/mol. The molecule has 3 saturated carbocycles. The van der Waals surface area contributed by atoms with Gasteiger partial charge in [-0.25, -0.2) is 43.7 Å². The van der Waals surface area contributed by atoms with Crippen molar-refractivity contribution in [1.29, 1.82) is 0 Å². The molecule has 542 valence electrons. The first-order valence-electron chi connectivity index (χ1n) is 36.6. The summed E-state index contributed by atoms with van der Waals surface area (Å²) in [5, 5.41) is 39.5. The Balaban J connectivity index is 0.000000114. The molecule has 6 atom stereocenters. The Hall–Kier alpha value is -12.7. The van der Waals surface area contributed by atoms with Gasteiger partial charge < -0.3 is 26.0 Å². The molecule has 108 heavy (non-hydrogen) atoms. The van der Waals surface area contributed by atoms with Crippen molar-refractivity contribution >= 4 is 105 Å². The van der Waals surface area contributed by atoms with Crippen molar-refractivity contribution in [1.82, 2.24) is 63.8 Å². The van der Waals surface area contributed by atoms with Crippen LogP contribution >= 0.6 is 12.2 Å². The molecule has 0 spiro atoms. The molecule has 3 fully saturated rings. The standard InChI is InChI=1S/C29H26FN7S.C26H25N9O.C26H26N6O2/c1-35-28(38)25-26(31-20-7-3-2-4-8-20)36(34-27(25)37-23-11-5-10-22(23)33-29(35)37)17-18-13-15-19(16-14-18)21-9-6-12-24(30)32-21;1-32-25(36)22-23(29-18-6-3-2-4-7-18)33(14-17-10-12-19(13-11-17)34-16-27-15-28-34)31-24(22)35-21-9-5-8-20(21)30-26(32)35;1-16(33)18-13-11-17(12-14-18)15-31-23(27-19-7-4-3-5-8-19)22-24(29-31)32-21-10-6-9-20(21)28-26(32)30(2)25(22)34/h2-4,6-9,12-16,22-23,31H,5,10-11,17H2,1H3;2-4,6-7,10-13,15-16,20-21,29H,5,8-9,14H2,1H3;3-5,7-8,11-14,20-21,27,33H,1,6,9-10,15H2,2H3/t22-,23+;2*20-,21+/m111/s1. The van der Waals surface area contributed by atoms with Gasteiger partial charge in [0.2, 0.25) is 23.8 Å². The van der Waals surface area contributed by atoms with Gasteiger partial charge in [-0.3, -0.25) is 34.1 Å². The number of hydrogen-bond acceptors (Lipinski definition) is 19. The lowest BCUT2D eigenvalue weighted by Gasteiger charge is -2.35. The highest BCUT2D eigenvalue weighted by molar-refractivity contribution is 7.80. The summed E-state index contributed by atoms with van der Waals surface area (Å²) in [6.45, 7) is 5.10. The van der Waals surface area contributed by atoms with Gasteiger partial charge in [0.25, 0.3) is 11.8 Å². The molecule has 9 aliphatic rings. The molecule has 2 amide bonds. The minimum absolute atomic E-state index is 0.0353. The first kappa shape index (κ1) is 67.2.